The van der Waals surface area contributed by atoms with Gasteiger partial charge in [-0.2, -0.15) is 0 Å². The summed E-state index contributed by atoms with van der Waals surface area (Å²) in [6.07, 6.45) is 0.678. The lowest BCUT2D eigenvalue weighted by molar-refractivity contribution is 0.0601. The minimum absolute atomic E-state index is 0.155. The molecule has 0 aliphatic heterocycles. The van der Waals surface area contributed by atoms with E-state index in [4.69, 9.17) is 17.0 Å². The van der Waals surface area contributed by atoms with E-state index in [0.29, 0.717) is 22.7 Å². The van der Waals surface area contributed by atoms with Gasteiger partial charge in [0.05, 0.1) is 18.2 Å². The molecule has 0 saturated carbocycles. The standard InChI is InChI=1S/C22H20N2O4S2/c1-13-8-9-15(20(25)26)11-18(13)23-22(29)24-19-17(21(27)28-2)12-16(30-19)10-14-6-4-3-5-7-14/h3-9,11-12H,10H2,1-2H3,(H,25,26)(H2,23,24,29). The molecule has 0 aliphatic carbocycles. The zero-order valence-electron chi connectivity index (χ0n) is 16.4. The van der Waals surface area contributed by atoms with E-state index in [-0.39, 0.29) is 10.7 Å². The van der Waals surface area contributed by atoms with Gasteiger partial charge in [0.25, 0.3) is 0 Å². The molecule has 0 radical (unpaired) electrons. The number of thiocarbonyl (C=S) groups is 1. The molecular formula is C22H20N2O4S2. The normalized spacial score (nSPS) is 10.3. The van der Waals surface area contributed by atoms with Gasteiger partial charge in [0.1, 0.15) is 5.00 Å². The molecule has 0 saturated heterocycles. The quantitative estimate of drug-likeness (QED) is 0.370. The summed E-state index contributed by atoms with van der Waals surface area (Å²) in [6, 6.07) is 16.5. The van der Waals surface area contributed by atoms with E-state index < -0.39 is 11.9 Å². The van der Waals surface area contributed by atoms with E-state index in [9.17, 15) is 14.7 Å². The second kappa shape index (κ2) is 9.51. The first-order chi connectivity index (χ1) is 14.4. The van der Waals surface area contributed by atoms with Crippen molar-refractivity contribution in [3.8, 4) is 0 Å². The van der Waals surface area contributed by atoms with E-state index in [1.807, 2.05) is 37.3 Å². The van der Waals surface area contributed by atoms with Crippen LogP contribution in [0.25, 0.3) is 0 Å². The number of ether oxygens (including phenoxy) is 1. The van der Waals surface area contributed by atoms with Gasteiger partial charge < -0.3 is 20.5 Å². The highest BCUT2D eigenvalue weighted by molar-refractivity contribution is 7.80. The number of benzene rings is 2. The van der Waals surface area contributed by atoms with Crippen molar-refractivity contribution in [1.29, 1.82) is 0 Å². The van der Waals surface area contributed by atoms with E-state index in [1.165, 1.54) is 30.6 Å². The van der Waals surface area contributed by atoms with Gasteiger partial charge in [0.2, 0.25) is 0 Å². The van der Waals surface area contributed by atoms with Crippen LogP contribution in [-0.4, -0.2) is 29.3 Å². The highest BCUT2D eigenvalue weighted by atomic mass is 32.1. The molecule has 0 fully saturated rings. The van der Waals surface area contributed by atoms with Crippen LogP contribution in [0.3, 0.4) is 0 Å². The maximum atomic E-state index is 12.2. The predicted octanol–water partition coefficient (Wildman–Crippen LogP) is 4.94. The Bertz CT molecular complexity index is 1090. The minimum atomic E-state index is -1.02. The van der Waals surface area contributed by atoms with E-state index in [0.717, 1.165) is 16.0 Å². The molecule has 0 bridgehead atoms. The van der Waals surface area contributed by atoms with Crippen LogP contribution in [0.1, 0.15) is 36.7 Å². The summed E-state index contributed by atoms with van der Waals surface area (Å²) in [5.74, 6) is -1.48. The van der Waals surface area contributed by atoms with Gasteiger partial charge in [0.15, 0.2) is 5.11 Å². The SMILES string of the molecule is COC(=O)c1cc(Cc2ccccc2)sc1NC(=S)Nc1cc(C(=O)O)ccc1C. The van der Waals surface area contributed by atoms with Gasteiger partial charge in [-0.05, 0) is 48.5 Å². The molecule has 30 heavy (non-hydrogen) atoms. The number of carboxylic acid groups (broad SMARTS) is 1. The van der Waals surface area contributed by atoms with Crippen molar-refractivity contribution in [2.45, 2.75) is 13.3 Å². The maximum Gasteiger partial charge on any atom is 0.340 e. The fraction of sp³-hybridized carbons (Fsp3) is 0.136. The Morgan fingerprint density at radius 2 is 1.83 bits per heavy atom. The molecule has 3 aromatic rings. The maximum absolute atomic E-state index is 12.2. The average Bonchev–Trinajstić information content (AvgIpc) is 3.11. The molecule has 0 atom stereocenters. The van der Waals surface area contributed by atoms with Gasteiger partial charge in [-0.15, -0.1) is 11.3 Å². The largest absolute Gasteiger partial charge is 0.478 e. The summed E-state index contributed by atoms with van der Waals surface area (Å²) in [5.41, 5.74) is 3.10. The molecule has 1 aromatic heterocycles. The number of aryl methyl sites for hydroxylation is 1. The number of methoxy groups -OCH3 is 1. The van der Waals surface area contributed by atoms with Gasteiger partial charge in [-0.25, -0.2) is 9.59 Å². The number of hydrogen-bond donors (Lipinski definition) is 3. The second-order valence-electron chi connectivity index (χ2n) is 6.52. The Morgan fingerprint density at radius 1 is 1.10 bits per heavy atom. The third kappa shape index (κ3) is 5.22. The zero-order valence-corrected chi connectivity index (χ0v) is 18.0. The minimum Gasteiger partial charge on any atom is -0.478 e. The van der Waals surface area contributed by atoms with Crippen molar-refractivity contribution in [1.82, 2.24) is 0 Å². The second-order valence-corrected chi connectivity index (χ2v) is 8.07. The van der Waals surface area contributed by atoms with Gasteiger partial charge in [0, 0.05) is 17.0 Å². The average molecular weight is 441 g/mol. The molecule has 0 spiro atoms. The summed E-state index contributed by atoms with van der Waals surface area (Å²) < 4.78 is 4.90. The van der Waals surface area contributed by atoms with Crippen molar-refractivity contribution >= 4 is 51.3 Å². The summed E-state index contributed by atoms with van der Waals surface area (Å²) in [6.45, 7) is 1.85. The van der Waals surface area contributed by atoms with Crippen LogP contribution in [-0.2, 0) is 11.2 Å². The zero-order chi connectivity index (χ0) is 21.7. The number of thiophene rings is 1. The van der Waals surface area contributed by atoms with Crippen LogP contribution in [0, 0.1) is 6.92 Å². The van der Waals surface area contributed by atoms with Gasteiger partial charge >= 0.3 is 11.9 Å². The van der Waals surface area contributed by atoms with Gasteiger partial charge in [-0.1, -0.05) is 36.4 Å². The third-order valence-electron chi connectivity index (χ3n) is 4.37. The number of hydrogen-bond acceptors (Lipinski definition) is 5. The first-order valence-corrected chi connectivity index (χ1v) is 10.3. The molecule has 1 heterocycles. The summed E-state index contributed by atoms with van der Waals surface area (Å²) in [4.78, 5) is 24.4. The van der Waals surface area contributed by atoms with E-state index in [1.54, 1.807) is 12.1 Å². The van der Waals surface area contributed by atoms with Crippen molar-refractivity contribution < 1.29 is 19.4 Å². The molecule has 0 aliphatic rings. The number of anilines is 2. The highest BCUT2D eigenvalue weighted by Crippen LogP contribution is 2.31. The topological polar surface area (TPSA) is 87.7 Å². The van der Waals surface area contributed by atoms with E-state index >= 15 is 0 Å². The fourth-order valence-electron chi connectivity index (χ4n) is 2.83. The predicted molar refractivity (Wildman–Crippen MR) is 123 cm³/mol. The first kappa shape index (κ1) is 21.5. The molecule has 3 rings (SSSR count). The number of carbonyl (C=O) groups is 2. The van der Waals surface area contributed by atoms with Crippen molar-refractivity contribution in [2.24, 2.45) is 0 Å². The molecule has 3 N–H and O–H groups in total. The van der Waals surface area contributed by atoms with Crippen LogP contribution < -0.4 is 10.6 Å². The van der Waals surface area contributed by atoms with Crippen LogP contribution in [0.4, 0.5) is 10.7 Å². The molecule has 2 aromatic carbocycles. The Morgan fingerprint density at radius 3 is 2.50 bits per heavy atom. The summed E-state index contributed by atoms with van der Waals surface area (Å²) >= 11 is 6.81. The van der Waals surface area contributed by atoms with Crippen LogP contribution in [0.5, 0.6) is 0 Å². The molecule has 0 unspecified atom stereocenters. The number of esters is 1. The number of nitrogens with one attached hydrogen (secondary N) is 2. The summed E-state index contributed by atoms with van der Waals surface area (Å²) in [7, 11) is 1.33. The monoisotopic (exact) mass is 440 g/mol. The fourth-order valence-corrected chi connectivity index (χ4v) is 4.19. The molecule has 0 amide bonds. The van der Waals surface area contributed by atoms with Crippen molar-refractivity contribution in [2.75, 3.05) is 17.7 Å². The van der Waals surface area contributed by atoms with Crippen LogP contribution in [0.2, 0.25) is 0 Å². The Kier molecular flexibility index (Phi) is 6.81. The summed E-state index contributed by atoms with van der Waals surface area (Å²) in [5, 5.41) is 16.1. The van der Waals surface area contributed by atoms with Crippen molar-refractivity contribution in [3.63, 3.8) is 0 Å². The first-order valence-electron chi connectivity index (χ1n) is 9.04. The lowest BCUT2D eigenvalue weighted by atomic mass is 10.1. The smallest absolute Gasteiger partial charge is 0.340 e. The Labute approximate surface area is 183 Å². The van der Waals surface area contributed by atoms with Crippen molar-refractivity contribution in [3.05, 3.63) is 81.7 Å². The van der Waals surface area contributed by atoms with Crippen LogP contribution in [0.15, 0.2) is 54.6 Å². The lowest BCUT2D eigenvalue weighted by Crippen LogP contribution is -2.20. The van der Waals surface area contributed by atoms with Gasteiger partial charge in [-0.3, -0.25) is 0 Å². The van der Waals surface area contributed by atoms with Crippen LogP contribution >= 0.6 is 23.6 Å². The highest BCUT2D eigenvalue weighted by Gasteiger charge is 2.18. The number of carbonyl (C=O) groups excluding carboxylic acids is 1. The molecule has 8 heteroatoms. The van der Waals surface area contributed by atoms with E-state index in [2.05, 4.69) is 10.6 Å². The molecule has 154 valence electrons. The number of carboxylic acids is 1. The number of rotatable bonds is 6. The molecular weight excluding hydrogens is 420 g/mol. The Hall–Kier alpha value is -3.23. The Balaban J connectivity index is 1.81. The number of aromatic carboxylic acids is 1. The molecule has 6 nitrogen and oxygen atoms in total. The lowest BCUT2D eigenvalue weighted by Gasteiger charge is -2.13. The third-order valence-corrected chi connectivity index (χ3v) is 5.62.